The molecule has 0 aromatic rings. The van der Waals surface area contributed by atoms with Gasteiger partial charge in [0.05, 0.1) is 0 Å². The predicted molar refractivity (Wildman–Crippen MR) is 59.1 cm³/mol. The normalized spacial score (nSPS) is 10.4. The molecule has 0 unspecified atom stereocenters. The first-order valence-electron chi connectivity index (χ1n) is 5.11. The SMILES string of the molecule is C=C(C)CCC/C=C\COC(=O)CC. The van der Waals surface area contributed by atoms with Gasteiger partial charge in [0, 0.05) is 6.42 Å². The largest absolute Gasteiger partial charge is 0.461 e. The number of hydrogen-bond acceptors (Lipinski definition) is 2. The molecule has 0 radical (unpaired) electrons. The summed E-state index contributed by atoms with van der Waals surface area (Å²) in [7, 11) is 0. The smallest absolute Gasteiger partial charge is 0.305 e. The Morgan fingerprint density at radius 3 is 2.71 bits per heavy atom. The Morgan fingerprint density at radius 2 is 2.14 bits per heavy atom. The van der Waals surface area contributed by atoms with E-state index < -0.39 is 0 Å². The summed E-state index contributed by atoms with van der Waals surface area (Å²) in [5.41, 5.74) is 1.22. The average Bonchev–Trinajstić information content (AvgIpc) is 2.15. The second-order valence-electron chi connectivity index (χ2n) is 3.36. The van der Waals surface area contributed by atoms with Crippen molar-refractivity contribution >= 4 is 5.97 Å². The first-order valence-corrected chi connectivity index (χ1v) is 5.11. The molecule has 0 saturated carbocycles. The Hall–Kier alpha value is -1.05. The van der Waals surface area contributed by atoms with Gasteiger partial charge in [-0.05, 0) is 26.2 Å². The predicted octanol–water partition coefficient (Wildman–Crippen LogP) is 3.24. The second kappa shape index (κ2) is 8.54. The molecule has 80 valence electrons. The van der Waals surface area contributed by atoms with E-state index in [1.807, 2.05) is 19.1 Å². The summed E-state index contributed by atoms with van der Waals surface area (Å²) in [4.78, 5) is 10.7. The summed E-state index contributed by atoms with van der Waals surface area (Å²) >= 11 is 0. The third-order valence-corrected chi connectivity index (χ3v) is 1.77. The zero-order chi connectivity index (χ0) is 10.8. The van der Waals surface area contributed by atoms with Gasteiger partial charge in [0.25, 0.3) is 0 Å². The molecular weight excluding hydrogens is 176 g/mol. The van der Waals surface area contributed by atoms with Crippen molar-refractivity contribution in [3.63, 3.8) is 0 Å². The Bertz CT molecular complexity index is 204. The molecule has 0 rings (SSSR count). The van der Waals surface area contributed by atoms with Crippen LogP contribution >= 0.6 is 0 Å². The lowest BCUT2D eigenvalue weighted by molar-refractivity contribution is -0.141. The van der Waals surface area contributed by atoms with E-state index in [9.17, 15) is 4.79 Å². The second-order valence-corrected chi connectivity index (χ2v) is 3.36. The first kappa shape index (κ1) is 12.9. The van der Waals surface area contributed by atoms with Gasteiger partial charge < -0.3 is 4.74 Å². The molecule has 0 fully saturated rings. The maximum absolute atomic E-state index is 10.7. The quantitative estimate of drug-likeness (QED) is 0.355. The van der Waals surface area contributed by atoms with Crippen LogP contribution in [0.4, 0.5) is 0 Å². The fourth-order valence-corrected chi connectivity index (χ4v) is 0.951. The van der Waals surface area contributed by atoms with E-state index in [0.717, 1.165) is 19.3 Å². The standard InChI is InChI=1S/C12H20O2/c1-4-12(13)14-10-8-6-5-7-9-11(2)3/h6,8H,2,4-5,7,9-10H2,1,3H3/b8-6-. The molecule has 2 heteroatoms. The number of esters is 1. The number of carbonyl (C=O) groups is 1. The van der Waals surface area contributed by atoms with Crippen LogP contribution < -0.4 is 0 Å². The van der Waals surface area contributed by atoms with Crippen LogP contribution in [0.3, 0.4) is 0 Å². The third-order valence-electron chi connectivity index (χ3n) is 1.77. The minimum absolute atomic E-state index is 0.142. The molecule has 0 amide bonds. The molecule has 2 nitrogen and oxygen atoms in total. The Labute approximate surface area is 86.6 Å². The highest BCUT2D eigenvalue weighted by atomic mass is 16.5. The zero-order valence-electron chi connectivity index (χ0n) is 9.21. The highest BCUT2D eigenvalue weighted by molar-refractivity contribution is 5.68. The van der Waals surface area contributed by atoms with Crippen LogP contribution in [0.15, 0.2) is 24.3 Å². The van der Waals surface area contributed by atoms with Gasteiger partial charge in [-0.25, -0.2) is 0 Å². The van der Waals surface area contributed by atoms with Gasteiger partial charge in [-0.15, -0.1) is 6.58 Å². The fraction of sp³-hybridized carbons (Fsp3) is 0.583. The molecule has 0 aliphatic rings. The number of carbonyl (C=O) groups excluding carboxylic acids is 1. The molecule has 0 aromatic carbocycles. The monoisotopic (exact) mass is 196 g/mol. The van der Waals surface area contributed by atoms with Crippen molar-refractivity contribution in [2.45, 2.75) is 39.5 Å². The minimum Gasteiger partial charge on any atom is -0.461 e. The molecule has 0 saturated heterocycles. The van der Waals surface area contributed by atoms with E-state index in [1.165, 1.54) is 5.57 Å². The molecule has 0 spiro atoms. The van der Waals surface area contributed by atoms with Crippen molar-refractivity contribution < 1.29 is 9.53 Å². The van der Waals surface area contributed by atoms with Gasteiger partial charge in [-0.2, -0.15) is 0 Å². The van der Waals surface area contributed by atoms with Crippen LogP contribution in [0.25, 0.3) is 0 Å². The van der Waals surface area contributed by atoms with Gasteiger partial charge in [0.15, 0.2) is 0 Å². The maximum Gasteiger partial charge on any atom is 0.305 e. The number of ether oxygens (including phenoxy) is 1. The van der Waals surface area contributed by atoms with E-state index in [1.54, 1.807) is 6.92 Å². The van der Waals surface area contributed by atoms with E-state index in [-0.39, 0.29) is 5.97 Å². The van der Waals surface area contributed by atoms with E-state index in [2.05, 4.69) is 6.58 Å². The van der Waals surface area contributed by atoms with Crippen molar-refractivity contribution in [2.75, 3.05) is 6.61 Å². The Morgan fingerprint density at radius 1 is 1.43 bits per heavy atom. The van der Waals surface area contributed by atoms with Crippen LogP contribution in [0.2, 0.25) is 0 Å². The lowest BCUT2D eigenvalue weighted by Crippen LogP contribution is -2.01. The summed E-state index contributed by atoms with van der Waals surface area (Å²) in [5, 5.41) is 0. The summed E-state index contributed by atoms with van der Waals surface area (Å²) in [6, 6.07) is 0. The topological polar surface area (TPSA) is 26.3 Å². The molecular formula is C12H20O2. The van der Waals surface area contributed by atoms with Crippen molar-refractivity contribution in [1.29, 1.82) is 0 Å². The molecule has 14 heavy (non-hydrogen) atoms. The van der Waals surface area contributed by atoms with Gasteiger partial charge in [-0.3, -0.25) is 4.79 Å². The summed E-state index contributed by atoms with van der Waals surface area (Å²) in [6.07, 6.45) is 7.60. The summed E-state index contributed by atoms with van der Waals surface area (Å²) in [6.45, 7) is 8.06. The van der Waals surface area contributed by atoms with Crippen molar-refractivity contribution in [2.24, 2.45) is 0 Å². The molecule has 0 N–H and O–H groups in total. The molecule has 0 aliphatic heterocycles. The minimum atomic E-state index is -0.142. The molecule has 0 aromatic heterocycles. The van der Waals surface area contributed by atoms with Crippen molar-refractivity contribution in [1.82, 2.24) is 0 Å². The number of unbranched alkanes of at least 4 members (excludes halogenated alkanes) is 1. The zero-order valence-corrected chi connectivity index (χ0v) is 9.21. The van der Waals surface area contributed by atoms with Gasteiger partial charge in [-0.1, -0.05) is 24.6 Å². The lowest BCUT2D eigenvalue weighted by Gasteiger charge is -1.98. The van der Waals surface area contributed by atoms with E-state index in [0.29, 0.717) is 13.0 Å². The van der Waals surface area contributed by atoms with Crippen molar-refractivity contribution in [3.8, 4) is 0 Å². The van der Waals surface area contributed by atoms with Gasteiger partial charge in [0.1, 0.15) is 6.61 Å². The van der Waals surface area contributed by atoms with Crippen molar-refractivity contribution in [3.05, 3.63) is 24.3 Å². The highest BCUT2D eigenvalue weighted by Crippen LogP contribution is 2.03. The van der Waals surface area contributed by atoms with Crippen LogP contribution in [0.1, 0.15) is 39.5 Å². The molecule has 0 heterocycles. The average molecular weight is 196 g/mol. The fourth-order valence-electron chi connectivity index (χ4n) is 0.951. The number of hydrogen-bond donors (Lipinski definition) is 0. The highest BCUT2D eigenvalue weighted by Gasteiger charge is 1.93. The van der Waals surface area contributed by atoms with Crippen LogP contribution in [0.5, 0.6) is 0 Å². The van der Waals surface area contributed by atoms with Crippen LogP contribution in [-0.2, 0) is 9.53 Å². The number of allylic oxidation sites excluding steroid dienone is 2. The van der Waals surface area contributed by atoms with E-state index in [4.69, 9.17) is 4.74 Å². The van der Waals surface area contributed by atoms with Crippen LogP contribution in [0, 0.1) is 0 Å². The summed E-state index contributed by atoms with van der Waals surface area (Å²) < 4.78 is 4.88. The third kappa shape index (κ3) is 9.04. The lowest BCUT2D eigenvalue weighted by atomic mass is 10.1. The summed E-state index contributed by atoms with van der Waals surface area (Å²) in [5.74, 6) is -0.142. The molecule has 0 atom stereocenters. The van der Waals surface area contributed by atoms with Crippen LogP contribution in [-0.4, -0.2) is 12.6 Å². The molecule has 0 aliphatic carbocycles. The molecule has 0 bridgehead atoms. The Kier molecular flexibility index (Phi) is 7.90. The van der Waals surface area contributed by atoms with Gasteiger partial charge >= 0.3 is 5.97 Å². The number of rotatable bonds is 7. The van der Waals surface area contributed by atoms with E-state index >= 15 is 0 Å². The maximum atomic E-state index is 10.7. The first-order chi connectivity index (χ1) is 6.66. The Balaban J connectivity index is 3.28. The van der Waals surface area contributed by atoms with Gasteiger partial charge in [0.2, 0.25) is 0 Å².